The summed E-state index contributed by atoms with van der Waals surface area (Å²) in [6.07, 6.45) is 0. The topological polar surface area (TPSA) is 32.3 Å². The molecule has 0 saturated carbocycles. The van der Waals surface area contributed by atoms with Crippen LogP contribution < -0.4 is 10.2 Å². The van der Waals surface area contributed by atoms with Gasteiger partial charge >= 0.3 is 0 Å². The molecule has 24 heavy (non-hydrogen) atoms. The van der Waals surface area contributed by atoms with Gasteiger partial charge in [0.05, 0.1) is 5.75 Å². The molecule has 3 nitrogen and oxygen atoms in total. The van der Waals surface area contributed by atoms with Crippen LogP contribution in [0.3, 0.4) is 0 Å². The maximum Gasteiger partial charge on any atom is 0.234 e. The highest BCUT2D eigenvalue weighted by atomic mass is 79.9. The number of amides is 1. The molecule has 5 heteroatoms. The molecule has 0 unspecified atom stereocenters. The molecule has 128 valence electrons. The molecule has 0 heterocycles. The molecule has 0 saturated heterocycles. The molecule has 0 aliphatic heterocycles. The van der Waals surface area contributed by atoms with E-state index in [1.54, 1.807) is 0 Å². The largest absolute Gasteiger partial charge is 0.372 e. The minimum atomic E-state index is 0.0154. The van der Waals surface area contributed by atoms with Gasteiger partial charge in [0.1, 0.15) is 0 Å². The Morgan fingerprint density at radius 1 is 1.12 bits per heavy atom. The van der Waals surface area contributed by atoms with Crippen molar-refractivity contribution in [3.8, 4) is 0 Å². The summed E-state index contributed by atoms with van der Waals surface area (Å²) in [4.78, 5) is 15.6. The SMILES string of the molecule is CCN(CC)c1ccc(NC(=O)CSc2ccc(Br)cc2)c(C)c1. The normalized spacial score (nSPS) is 10.5. The van der Waals surface area contributed by atoms with Crippen LogP contribution in [0.5, 0.6) is 0 Å². The lowest BCUT2D eigenvalue weighted by Crippen LogP contribution is -2.22. The summed E-state index contributed by atoms with van der Waals surface area (Å²) in [6, 6.07) is 14.2. The Balaban J connectivity index is 1.95. The summed E-state index contributed by atoms with van der Waals surface area (Å²) in [5, 5.41) is 3.01. The van der Waals surface area contributed by atoms with Gasteiger partial charge in [0.2, 0.25) is 5.91 Å². The first-order valence-corrected chi connectivity index (χ1v) is 9.85. The Morgan fingerprint density at radius 2 is 1.79 bits per heavy atom. The van der Waals surface area contributed by atoms with Crippen molar-refractivity contribution >= 4 is 45.0 Å². The van der Waals surface area contributed by atoms with Crippen molar-refractivity contribution in [3.63, 3.8) is 0 Å². The van der Waals surface area contributed by atoms with E-state index in [-0.39, 0.29) is 5.91 Å². The average Bonchev–Trinajstić information content (AvgIpc) is 2.58. The lowest BCUT2D eigenvalue weighted by molar-refractivity contribution is -0.113. The van der Waals surface area contributed by atoms with Gasteiger partial charge < -0.3 is 10.2 Å². The third-order valence-electron chi connectivity index (χ3n) is 3.80. The smallest absolute Gasteiger partial charge is 0.234 e. The van der Waals surface area contributed by atoms with Crippen LogP contribution >= 0.6 is 27.7 Å². The second-order valence-corrected chi connectivity index (χ2v) is 7.43. The van der Waals surface area contributed by atoms with E-state index in [1.165, 1.54) is 17.4 Å². The van der Waals surface area contributed by atoms with Crippen molar-refractivity contribution in [2.45, 2.75) is 25.7 Å². The standard InChI is InChI=1S/C19H23BrN2OS/c1-4-22(5-2)16-8-11-18(14(3)12-16)21-19(23)13-24-17-9-6-15(20)7-10-17/h6-12H,4-5,13H2,1-3H3,(H,21,23). The molecule has 0 bridgehead atoms. The fourth-order valence-electron chi connectivity index (χ4n) is 2.44. The van der Waals surface area contributed by atoms with Gasteiger partial charge in [0.15, 0.2) is 0 Å². The fraction of sp³-hybridized carbons (Fsp3) is 0.316. The number of nitrogens with zero attached hydrogens (tertiary/aromatic N) is 1. The van der Waals surface area contributed by atoms with Crippen LogP contribution in [0.2, 0.25) is 0 Å². The van der Waals surface area contributed by atoms with Gasteiger partial charge in [-0.15, -0.1) is 11.8 Å². The highest BCUT2D eigenvalue weighted by Crippen LogP contribution is 2.24. The Kier molecular flexibility index (Phi) is 7.18. The van der Waals surface area contributed by atoms with E-state index in [9.17, 15) is 4.79 Å². The molecule has 1 N–H and O–H groups in total. The van der Waals surface area contributed by atoms with E-state index in [4.69, 9.17) is 0 Å². The lowest BCUT2D eigenvalue weighted by atomic mass is 10.1. The molecular formula is C19H23BrN2OS. The zero-order valence-corrected chi connectivity index (χ0v) is 16.7. The number of anilines is 2. The predicted octanol–water partition coefficient (Wildman–Crippen LogP) is 5.33. The first kappa shape index (κ1) is 18.9. The van der Waals surface area contributed by atoms with E-state index in [0.29, 0.717) is 5.75 Å². The molecule has 0 aliphatic carbocycles. The Labute approximate surface area is 157 Å². The highest BCUT2D eigenvalue weighted by molar-refractivity contribution is 9.10. The molecule has 2 aromatic carbocycles. The number of rotatable bonds is 7. The van der Waals surface area contributed by atoms with Crippen molar-refractivity contribution in [2.75, 3.05) is 29.1 Å². The van der Waals surface area contributed by atoms with Gasteiger partial charge in [-0.25, -0.2) is 0 Å². The second kappa shape index (κ2) is 9.14. The number of hydrogen-bond acceptors (Lipinski definition) is 3. The molecule has 1 amide bonds. The van der Waals surface area contributed by atoms with Crippen molar-refractivity contribution < 1.29 is 4.79 Å². The van der Waals surface area contributed by atoms with Crippen molar-refractivity contribution in [3.05, 3.63) is 52.5 Å². The van der Waals surface area contributed by atoms with Crippen molar-refractivity contribution in [1.29, 1.82) is 0 Å². The first-order valence-electron chi connectivity index (χ1n) is 8.07. The maximum absolute atomic E-state index is 12.2. The monoisotopic (exact) mass is 406 g/mol. The van der Waals surface area contributed by atoms with Crippen molar-refractivity contribution in [1.82, 2.24) is 0 Å². The van der Waals surface area contributed by atoms with Crippen LogP contribution in [0.1, 0.15) is 19.4 Å². The summed E-state index contributed by atoms with van der Waals surface area (Å²) >= 11 is 4.95. The summed E-state index contributed by atoms with van der Waals surface area (Å²) in [7, 11) is 0. The minimum absolute atomic E-state index is 0.0154. The zero-order chi connectivity index (χ0) is 17.5. The van der Waals surface area contributed by atoms with E-state index < -0.39 is 0 Å². The van der Waals surface area contributed by atoms with Crippen molar-refractivity contribution in [2.24, 2.45) is 0 Å². The third kappa shape index (κ3) is 5.28. The van der Waals surface area contributed by atoms with Crippen LogP contribution in [0.15, 0.2) is 51.8 Å². The number of halogens is 1. The quantitative estimate of drug-likeness (QED) is 0.630. The average molecular weight is 407 g/mol. The van der Waals surface area contributed by atoms with Crippen LogP contribution in [-0.2, 0) is 4.79 Å². The molecule has 2 aromatic rings. The molecule has 0 aromatic heterocycles. The number of benzene rings is 2. The van der Waals surface area contributed by atoms with Crippen LogP contribution in [0.25, 0.3) is 0 Å². The highest BCUT2D eigenvalue weighted by Gasteiger charge is 2.08. The number of aryl methyl sites for hydroxylation is 1. The Hall–Kier alpha value is -1.46. The Bertz CT molecular complexity index is 684. The molecule has 0 radical (unpaired) electrons. The van der Waals surface area contributed by atoms with E-state index in [1.807, 2.05) is 37.3 Å². The number of nitrogens with one attached hydrogen (secondary N) is 1. The number of hydrogen-bond donors (Lipinski definition) is 1. The second-order valence-electron chi connectivity index (χ2n) is 5.46. The Morgan fingerprint density at radius 3 is 2.38 bits per heavy atom. The van der Waals surface area contributed by atoms with Gasteiger partial charge in [-0.2, -0.15) is 0 Å². The summed E-state index contributed by atoms with van der Waals surface area (Å²) in [5.41, 5.74) is 3.16. The summed E-state index contributed by atoms with van der Waals surface area (Å²) in [5.74, 6) is 0.417. The summed E-state index contributed by atoms with van der Waals surface area (Å²) < 4.78 is 1.04. The maximum atomic E-state index is 12.2. The molecule has 0 spiro atoms. The number of thioether (sulfide) groups is 1. The van der Waals surface area contributed by atoms with Gasteiger partial charge in [-0.1, -0.05) is 15.9 Å². The molecule has 2 rings (SSSR count). The first-order chi connectivity index (χ1) is 11.5. The molecule has 0 aliphatic rings. The lowest BCUT2D eigenvalue weighted by Gasteiger charge is -2.22. The van der Waals surface area contributed by atoms with E-state index in [0.717, 1.165) is 33.7 Å². The van der Waals surface area contributed by atoms with Gasteiger partial charge in [-0.3, -0.25) is 4.79 Å². The number of carbonyl (C=O) groups excluding carboxylic acids is 1. The number of carbonyl (C=O) groups is 1. The van der Waals surface area contributed by atoms with Crippen LogP contribution in [0.4, 0.5) is 11.4 Å². The molecule has 0 fully saturated rings. The fourth-order valence-corrected chi connectivity index (χ4v) is 3.40. The van der Waals surface area contributed by atoms with Crippen LogP contribution in [-0.4, -0.2) is 24.7 Å². The van der Waals surface area contributed by atoms with Gasteiger partial charge in [-0.05, 0) is 68.8 Å². The third-order valence-corrected chi connectivity index (χ3v) is 5.34. The summed E-state index contributed by atoms with van der Waals surface area (Å²) in [6.45, 7) is 8.28. The zero-order valence-electron chi connectivity index (χ0n) is 14.3. The van der Waals surface area contributed by atoms with E-state index in [2.05, 4.69) is 52.1 Å². The minimum Gasteiger partial charge on any atom is -0.372 e. The van der Waals surface area contributed by atoms with E-state index >= 15 is 0 Å². The van der Waals surface area contributed by atoms with Gasteiger partial charge in [0, 0.05) is 33.8 Å². The van der Waals surface area contributed by atoms with Gasteiger partial charge in [0.25, 0.3) is 0 Å². The van der Waals surface area contributed by atoms with Crippen LogP contribution in [0, 0.1) is 6.92 Å². The predicted molar refractivity (Wildman–Crippen MR) is 108 cm³/mol. The molecule has 0 atom stereocenters. The molecular weight excluding hydrogens is 384 g/mol.